The van der Waals surface area contributed by atoms with E-state index in [2.05, 4.69) is 24.1 Å². The predicted molar refractivity (Wildman–Crippen MR) is 107 cm³/mol. The van der Waals surface area contributed by atoms with Gasteiger partial charge in [0.1, 0.15) is 11.3 Å². The second-order valence-electron chi connectivity index (χ2n) is 7.87. The van der Waals surface area contributed by atoms with Gasteiger partial charge in [-0.1, -0.05) is 13.8 Å². The molecule has 1 amide bonds. The molecule has 1 fully saturated rings. The molecule has 0 spiro atoms. The van der Waals surface area contributed by atoms with Crippen LogP contribution >= 0.6 is 0 Å². The second kappa shape index (κ2) is 9.69. The number of nitrogens with zero attached hydrogens (tertiary/aromatic N) is 1. The molecule has 1 aliphatic heterocycles. The van der Waals surface area contributed by atoms with E-state index >= 15 is 0 Å². The first-order valence-electron chi connectivity index (χ1n) is 10.0. The molecule has 3 rings (SSSR count). The van der Waals surface area contributed by atoms with Crippen LogP contribution in [0.3, 0.4) is 0 Å². The molecule has 1 aliphatic rings. The minimum Gasteiger partial charge on any atom is -0.484 e. The number of amides is 1. The van der Waals surface area contributed by atoms with Crippen LogP contribution in [0.1, 0.15) is 19.4 Å². The van der Waals surface area contributed by atoms with Gasteiger partial charge in [-0.05, 0) is 18.1 Å². The van der Waals surface area contributed by atoms with Gasteiger partial charge in [0.05, 0.1) is 18.3 Å². The van der Waals surface area contributed by atoms with Crippen LogP contribution in [0.4, 0.5) is 13.2 Å². The quantitative estimate of drug-likeness (QED) is 0.664. The second-order valence-corrected chi connectivity index (χ2v) is 7.87. The first-order valence-corrected chi connectivity index (χ1v) is 10.0. The van der Waals surface area contributed by atoms with E-state index in [0.29, 0.717) is 25.1 Å². The van der Waals surface area contributed by atoms with Crippen molar-refractivity contribution in [1.29, 1.82) is 0 Å². The van der Waals surface area contributed by atoms with Gasteiger partial charge >= 0.3 is 11.8 Å². The van der Waals surface area contributed by atoms with Crippen molar-refractivity contribution in [3.8, 4) is 5.75 Å². The Kier molecular flexibility index (Phi) is 7.22. The van der Waals surface area contributed by atoms with Crippen molar-refractivity contribution in [3.63, 3.8) is 0 Å². The Bertz CT molecular complexity index is 974. The monoisotopic (exact) mass is 442 g/mol. The molecule has 0 saturated carbocycles. The van der Waals surface area contributed by atoms with Gasteiger partial charge in [0.2, 0.25) is 0 Å². The van der Waals surface area contributed by atoms with Crippen LogP contribution in [-0.2, 0) is 15.7 Å². The van der Waals surface area contributed by atoms with E-state index in [1.54, 1.807) is 0 Å². The van der Waals surface area contributed by atoms with Crippen molar-refractivity contribution in [3.05, 3.63) is 40.2 Å². The average Bonchev–Trinajstić information content (AvgIpc) is 2.69. The molecule has 2 heterocycles. The fourth-order valence-corrected chi connectivity index (χ4v) is 3.48. The summed E-state index contributed by atoms with van der Waals surface area (Å²) in [5.41, 5.74) is -2.46. The van der Waals surface area contributed by atoms with E-state index in [4.69, 9.17) is 13.9 Å². The summed E-state index contributed by atoms with van der Waals surface area (Å²) >= 11 is 0. The third-order valence-corrected chi connectivity index (χ3v) is 4.76. The van der Waals surface area contributed by atoms with Gasteiger partial charge in [-0.3, -0.25) is 9.69 Å². The van der Waals surface area contributed by atoms with Gasteiger partial charge < -0.3 is 19.2 Å². The summed E-state index contributed by atoms with van der Waals surface area (Å²) in [4.78, 5) is 25.8. The smallest absolute Gasteiger partial charge is 0.417 e. The van der Waals surface area contributed by atoms with Crippen LogP contribution in [-0.4, -0.2) is 56.3 Å². The number of rotatable bonds is 7. The van der Waals surface area contributed by atoms with E-state index in [1.165, 1.54) is 6.07 Å². The topological polar surface area (TPSA) is 81.0 Å². The molecular formula is C21H25F3N2O5. The maximum absolute atomic E-state index is 13.1. The Morgan fingerprint density at radius 3 is 2.81 bits per heavy atom. The lowest BCUT2D eigenvalue weighted by atomic mass is 10.1. The molecule has 170 valence electrons. The normalized spacial score (nSPS) is 17.8. The zero-order valence-corrected chi connectivity index (χ0v) is 17.3. The Morgan fingerprint density at radius 1 is 1.32 bits per heavy atom. The van der Waals surface area contributed by atoms with Crippen molar-refractivity contribution in [1.82, 2.24) is 10.2 Å². The molecule has 0 bridgehead atoms. The number of morpholine rings is 1. The molecule has 1 unspecified atom stereocenters. The lowest BCUT2D eigenvalue weighted by molar-refractivity contribution is -0.136. The number of ether oxygens (including phenoxy) is 2. The fourth-order valence-electron chi connectivity index (χ4n) is 3.48. The number of nitrogens with one attached hydrogen (secondary N) is 1. The van der Waals surface area contributed by atoms with Crippen LogP contribution in [0.15, 0.2) is 33.5 Å². The van der Waals surface area contributed by atoms with Crippen LogP contribution in [0.25, 0.3) is 11.0 Å². The van der Waals surface area contributed by atoms with E-state index in [1.807, 2.05) is 0 Å². The van der Waals surface area contributed by atoms with Crippen molar-refractivity contribution in [2.75, 3.05) is 39.4 Å². The highest BCUT2D eigenvalue weighted by molar-refractivity contribution is 5.82. The average molecular weight is 442 g/mol. The Labute approximate surface area is 177 Å². The zero-order valence-electron chi connectivity index (χ0n) is 17.3. The van der Waals surface area contributed by atoms with Crippen molar-refractivity contribution in [2.24, 2.45) is 5.92 Å². The summed E-state index contributed by atoms with van der Waals surface area (Å²) < 4.78 is 55.2. The Hall–Kier alpha value is -2.59. The van der Waals surface area contributed by atoms with Crippen LogP contribution in [0.2, 0.25) is 0 Å². The van der Waals surface area contributed by atoms with Gasteiger partial charge in [-0.15, -0.1) is 0 Å². The molecule has 1 aromatic carbocycles. The summed E-state index contributed by atoms with van der Waals surface area (Å²) in [7, 11) is 0. The minimum absolute atomic E-state index is 0.113. The number of benzene rings is 1. The molecule has 31 heavy (non-hydrogen) atoms. The highest BCUT2D eigenvalue weighted by Gasteiger charge is 2.33. The molecule has 2 aromatic rings. The molecule has 7 nitrogen and oxygen atoms in total. The maximum atomic E-state index is 13.1. The Balaban J connectivity index is 1.55. The van der Waals surface area contributed by atoms with E-state index in [-0.39, 0.29) is 29.4 Å². The van der Waals surface area contributed by atoms with E-state index in [0.717, 1.165) is 31.8 Å². The molecule has 1 atom stereocenters. The van der Waals surface area contributed by atoms with Gasteiger partial charge in [0.15, 0.2) is 6.61 Å². The highest BCUT2D eigenvalue weighted by Crippen LogP contribution is 2.34. The molecule has 10 heteroatoms. The first-order chi connectivity index (χ1) is 14.6. The molecule has 1 saturated heterocycles. The number of hydrogen-bond acceptors (Lipinski definition) is 6. The zero-order chi connectivity index (χ0) is 22.6. The molecule has 1 aromatic heterocycles. The largest absolute Gasteiger partial charge is 0.484 e. The molecule has 1 N–H and O–H groups in total. The SMILES string of the molecule is CC(C)CN1CCOC(CNC(=O)COc2ccc3c(C(F)(F)F)cc(=O)oc3c2)C1. The van der Waals surface area contributed by atoms with E-state index < -0.39 is 23.3 Å². The first kappa shape index (κ1) is 23.1. The summed E-state index contributed by atoms with van der Waals surface area (Å²) in [6.45, 7) is 7.44. The highest BCUT2D eigenvalue weighted by atomic mass is 19.4. The molecular weight excluding hydrogens is 417 g/mol. The summed E-state index contributed by atoms with van der Waals surface area (Å²) in [5, 5.41) is 2.47. The van der Waals surface area contributed by atoms with Crippen LogP contribution in [0, 0.1) is 5.92 Å². The lowest BCUT2D eigenvalue weighted by Gasteiger charge is -2.33. The predicted octanol–water partition coefficient (Wildman–Crippen LogP) is 2.66. The number of halogens is 3. The van der Waals surface area contributed by atoms with Crippen molar-refractivity contribution in [2.45, 2.75) is 26.1 Å². The third kappa shape index (κ3) is 6.44. The number of alkyl halides is 3. The van der Waals surface area contributed by atoms with Gasteiger partial charge in [-0.25, -0.2) is 4.79 Å². The Morgan fingerprint density at radius 2 is 2.10 bits per heavy atom. The number of carbonyl (C=O) groups excluding carboxylic acids is 1. The van der Waals surface area contributed by atoms with Gasteiger partial charge in [0.25, 0.3) is 5.91 Å². The fraction of sp³-hybridized carbons (Fsp3) is 0.524. The molecule has 0 radical (unpaired) electrons. The number of carbonyl (C=O) groups is 1. The summed E-state index contributed by atoms with van der Waals surface area (Å²) in [6.07, 6.45) is -4.81. The van der Waals surface area contributed by atoms with Gasteiger partial charge in [-0.2, -0.15) is 13.2 Å². The molecule has 0 aliphatic carbocycles. The maximum Gasteiger partial charge on any atom is 0.417 e. The summed E-state index contributed by atoms with van der Waals surface area (Å²) in [5.74, 6) is 0.262. The lowest BCUT2D eigenvalue weighted by Crippen LogP contribution is -2.48. The van der Waals surface area contributed by atoms with Crippen LogP contribution in [0.5, 0.6) is 5.75 Å². The summed E-state index contributed by atoms with van der Waals surface area (Å²) in [6, 6.07) is 4.01. The third-order valence-electron chi connectivity index (χ3n) is 4.76. The van der Waals surface area contributed by atoms with Crippen molar-refractivity contribution < 1.29 is 31.9 Å². The standard InChI is InChI=1S/C21H25F3N2O5/c1-13(2)10-26-5-6-29-15(11-26)9-25-19(27)12-30-14-3-4-16-17(21(22,23)24)8-20(28)31-18(16)7-14/h3-4,7-8,13,15H,5-6,9-12H2,1-2H3,(H,25,27). The van der Waals surface area contributed by atoms with E-state index in [9.17, 15) is 22.8 Å². The minimum atomic E-state index is -4.69. The number of hydrogen-bond donors (Lipinski definition) is 1. The van der Waals surface area contributed by atoms with Crippen molar-refractivity contribution >= 4 is 16.9 Å². The number of fused-ring (bicyclic) bond motifs is 1. The van der Waals surface area contributed by atoms with Gasteiger partial charge in [0, 0.05) is 43.7 Å². The van der Waals surface area contributed by atoms with Crippen LogP contribution < -0.4 is 15.7 Å².